The first kappa shape index (κ1) is 28.7. The molecule has 0 radical (unpaired) electrons. The van der Waals surface area contributed by atoms with Crippen LogP contribution < -0.4 is 9.21 Å². The highest BCUT2D eigenvalue weighted by atomic mass is 32.2. The van der Waals surface area contributed by atoms with Crippen LogP contribution in [0.1, 0.15) is 42.3 Å². The Morgan fingerprint density at radius 3 is 2.13 bits per heavy atom. The molecule has 1 heterocycles. The van der Waals surface area contributed by atoms with Crippen LogP contribution in [0.5, 0.6) is 0 Å². The molecular weight excluding hydrogens is 528 g/mol. The molecule has 0 spiro atoms. The van der Waals surface area contributed by atoms with Gasteiger partial charge in [0.15, 0.2) is 5.13 Å². The maximum atomic E-state index is 13.8. The molecule has 1 amide bonds. The van der Waals surface area contributed by atoms with Gasteiger partial charge < -0.3 is 4.90 Å². The quantitative estimate of drug-likeness (QED) is 0.220. The summed E-state index contributed by atoms with van der Waals surface area (Å²) in [5.74, 6) is -0.199. The molecule has 206 valence electrons. The van der Waals surface area contributed by atoms with Gasteiger partial charge in [-0.2, -0.15) is 0 Å². The van der Waals surface area contributed by atoms with E-state index in [9.17, 15) is 13.2 Å². The number of anilines is 2. The van der Waals surface area contributed by atoms with E-state index in [0.717, 1.165) is 34.4 Å². The first-order valence-corrected chi connectivity index (χ1v) is 15.6. The van der Waals surface area contributed by atoms with Gasteiger partial charge in [-0.05, 0) is 87.5 Å². The number of carbonyl (C=O) groups is 1. The molecule has 0 aliphatic heterocycles. The van der Waals surface area contributed by atoms with E-state index in [1.165, 1.54) is 27.8 Å². The zero-order valence-corrected chi connectivity index (χ0v) is 24.8. The van der Waals surface area contributed by atoms with E-state index in [-0.39, 0.29) is 10.8 Å². The highest BCUT2D eigenvalue weighted by Crippen LogP contribution is 2.33. The third kappa shape index (κ3) is 6.00. The van der Waals surface area contributed by atoms with Crippen molar-refractivity contribution in [3.63, 3.8) is 0 Å². The zero-order valence-electron chi connectivity index (χ0n) is 23.2. The second-order valence-corrected chi connectivity index (χ2v) is 12.2. The van der Waals surface area contributed by atoms with Gasteiger partial charge in [-0.3, -0.25) is 14.0 Å². The summed E-state index contributed by atoms with van der Waals surface area (Å²) in [6.45, 7) is 13.4. The molecule has 0 fully saturated rings. The largest absolute Gasteiger partial charge is 0.302 e. The molecule has 7 nitrogen and oxygen atoms in total. The third-order valence-corrected chi connectivity index (χ3v) is 10.1. The van der Waals surface area contributed by atoms with Crippen molar-refractivity contribution in [2.45, 2.75) is 39.5 Å². The number of likely N-dealkylation sites (N-methyl/N-ethyl adjacent to an activating group) is 1. The molecule has 4 aromatic rings. The summed E-state index contributed by atoms with van der Waals surface area (Å²) >= 11 is 1.50. The lowest BCUT2D eigenvalue weighted by Crippen LogP contribution is -2.39. The highest BCUT2D eigenvalue weighted by molar-refractivity contribution is 7.92. The number of aromatic nitrogens is 1. The Kier molecular flexibility index (Phi) is 9.04. The Morgan fingerprint density at radius 1 is 0.846 bits per heavy atom. The van der Waals surface area contributed by atoms with Gasteiger partial charge in [0.25, 0.3) is 15.9 Å². The number of fused-ring (bicyclic) bond motifs is 1. The molecule has 39 heavy (non-hydrogen) atoms. The monoisotopic (exact) mass is 564 g/mol. The molecule has 0 aliphatic rings. The summed E-state index contributed by atoms with van der Waals surface area (Å²) in [7, 11) is -3.78. The van der Waals surface area contributed by atoms with Crippen LogP contribution in [0.4, 0.5) is 10.8 Å². The van der Waals surface area contributed by atoms with E-state index in [0.29, 0.717) is 36.0 Å². The van der Waals surface area contributed by atoms with Crippen molar-refractivity contribution >= 4 is 48.3 Å². The van der Waals surface area contributed by atoms with Crippen molar-refractivity contribution < 1.29 is 13.2 Å². The number of benzene rings is 3. The molecule has 0 saturated heterocycles. The number of thiazole rings is 1. The summed E-state index contributed by atoms with van der Waals surface area (Å²) in [4.78, 5) is 22.9. The average molecular weight is 565 g/mol. The molecule has 3 aromatic carbocycles. The number of para-hydroxylation sites is 1. The molecular formula is C30H36N4O3S2. The smallest absolute Gasteiger partial charge is 0.264 e. The predicted octanol–water partition coefficient (Wildman–Crippen LogP) is 6.12. The van der Waals surface area contributed by atoms with Gasteiger partial charge in [0.05, 0.1) is 20.8 Å². The minimum atomic E-state index is -3.78. The van der Waals surface area contributed by atoms with Gasteiger partial charge in [0, 0.05) is 25.2 Å². The predicted molar refractivity (Wildman–Crippen MR) is 162 cm³/mol. The van der Waals surface area contributed by atoms with Crippen molar-refractivity contribution in [2.75, 3.05) is 41.9 Å². The number of nitrogens with zero attached hydrogens (tertiary/aromatic N) is 4. The van der Waals surface area contributed by atoms with Crippen molar-refractivity contribution in [1.29, 1.82) is 0 Å². The van der Waals surface area contributed by atoms with Crippen LogP contribution in [-0.4, -0.2) is 56.9 Å². The molecule has 0 saturated carbocycles. The second-order valence-electron chi connectivity index (χ2n) is 9.36. The summed E-state index contributed by atoms with van der Waals surface area (Å²) in [6, 6.07) is 19.4. The standard InChI is InChI=1S/C30H36N4O3S2/c1-6-32(7-2)20-21-33(30-31-28-23(5)22(4)14-19-27(28)38-30)29(35)24-15-17-26(18-16-24)39(36,37)34(8-3)25-12-10-9-11-13-25/h9-19H,6-8,20-21H2,1-5H3. The van der Waals surface area contributed by atoms with E-state index >= 15 is 0 Å². The van der Waals surface area contributed by atoms with Gasteiger partial charge in [-0.25, -0.2) is 13.4 Å². The fraction of sp³-hybridized carbons (Fsp3) is 0.333. The summed E-state index contributed by atoms with van der Waals surface area (Å²) in [5, 5.41) is 0.647. The van der Waals surface area contributed by atoms with Crippen LogP contribution in [0, 0.1) is 13.8 Å². The second kappa shape index (κ2) is 12.3. The molecule has 0 aliphatic carbocycles. The Bertz CT molecular complexity index is 1530. The van der Waals surface area contributed by atoms with Crippen LogP contribution in [-0.2, 0) is 10.0 Å². The lowest BCUT2D eigenvalue weighted by atomic mass is 10.1. The van der Waals surface area contributed by atoms with Crippen molar-refractivity contribution in [1.82, 2.24) is 9.88 Å². The van der Waals surface area contributed by atoms with Gasteiger partial charge in [0.1, 0.15) is 0 Å². The number of hydrogen-bond donors (Lipinski definition) is 0. The first-order chi connectivity index (χ1) is 18.7. The number of hydrogen-bond acceptors (Lipinski definition) is 6. The molecule has 0 unspecified atom stereocenters. The lowest BCUT2D eigenvalue weighted by Gasteiger charge is -2.25. The van der Waals surface area contributed by atoms with Crippen LogP contribution in [0.2, 0.25) is 0 Å². The van der Waals surface area contributed by atoms with Gasteiger partial charge >= 0.3 is 0 Å². The van der Waals surface area contributed by atoms with E-state index in [1.807, 2.05) is 18.2 Å². The Balaban J connectivity index is 1.66. The van der Waals surface area contributed by atoms with Gasteiger partial charge in [0.2, 0.25) is 0 Å². The number of sulfonamides is 1. The Labute approximate surface area is 235 Å². The van der Waals surface area contributed by atoms with Gasteiger partial charge in [-0.15, -0.1) is 0 Å². The fourth-order valence-corrected chi connectivity index (χ4v) is 7.06. The average Bonchev–Trinajstić information content (AvgIpc) is 3.38. The van der Waals surface area contributed by atoms with E-state index in [1.54, 1.807) is 36.1 Å². The van der Waals surface area contributed by atoms with E-state index < -0.39 is 10.0 Å². The molecule has 9 heteroatoms. The number of rotatable bonds is 11. The molecule has 0 N–H and O–H groups in total. The maximum absolute atomic E-state index is 13.8. The van der Waals surface area contributed by atoms with Crippen LogP contribution in [0.25, 0.3) is 10.2 Å². The van der Waals surface area contributed by atoms with Crippen molar-refractivity contribution in [2.24, 2.45) is 0 Å². The van der Waals surface area contributed by atoms with Crippen molar-refractivity contribution in [3.8, 4) is 0 Å². The molecule has 0 bridgehead atoms. The Morgan fingerprint density at radius 2 is 1.51 bits per heavy atom. The van der Waals surface area contributed by atoms with E-state index in [4.69, 9.17) is 4.98 Å². The molecule has 4 rings (SSSR count). The minimum absolute atomic E-state index is 0.144. The van der Waals surface area contributed by atoms with E-state index in [2.05, 4.69) is 44.7 Å². The zero-order chi connectivity index (χ0) is 28.2. The Hall–Kier alpha value is -3.27. The summed E-state index contributed by atoms with van der Waals surface area (Å²) in [6.07, 6.45) is 0. The minimum Gasteiger partial charge on any atom is -0.302 e. The summed E-state index contributed by atoms with van der Waals surface area (Å²) in [5.41, 5.74) is 4.21. The SMILES string of the molecule is CCN(CC)CCN(C(=O)c1ccc(S(=O)(=O)N(CC)c2ccccc2)cc1)c1nc2c(C)c(C)ccc2s1. The first-order valence-electron chi connectivity index (χ1n) is 13.3. The van der Waals surface area contributed by atoms with Crippen LogP contribution in [0.15, 0.2) is 71.6 Å². The maximum Gasteiger partial charge on any atom is 0.264 e. The number of amides is 1. The lowest BCUT2D eigenvalue weighted by molar-refractivity contribution is 0.0983. The fourth-order valence-electron chi connectivity index (χ4n) is 4.53. The molecule has 0 atom stereocenters. The third-order valence-electron chi connectivity index (χ3n) is 7.10. The summed E-state index contributed by atoms with van der Waals surface area (Å²) < 4.78 is 29.2. The highest BCUT2D eigenvalue weighted by Gasteiger charge is 2.26. The normalized spacial score (nSPS) is 11.7. The van der Waals surface area contributed by atoms with Crippen molar-refractivity contribution in [3.05, 3.63) is 83.4 Å². The van der Waals surface area contributed by atoms with Gasteiger partial charge in [-0.1, -0.05) is 49.4 Å². The number of aryl methyl sites for hydroxylation is 2. The van der Waals surface area contributed by atoms with Crippen LogP contribution >= 0.6 is 11.3 Å². The topological polar surface area (TPSA) is 73.8 Å². The number of carbonyl (C=O) groups excluding carboxylic acids is 1. The van der Waals surface area contributed by atoms with Crippen LogP contribution in [0.3, 0.4) is 0 Å². The molecule has 1 aromatic heterocycles.